The number of hydrogen-bond acceptors (Lipinski definition) is 2. The predicted molar refractivity (Wildman–Crippen MR) is 106 cm³/mol. The highest BCUT2D eigenvalue weighted by atomic mass is 19.4. The van der Waals surface area contributed by atoms with E-state index in [9.17, 15) is 62.9 Å². The summed E-state index contributed by atoms with van der Waals surface area (Å²) in [5, 5.41) is 19.3. The van der Waals surface area contributed by atoms with Gasteiger partial charge in [0.05, 0.1) is 0 Å². The van der Waals surface area contributed by atoms with Gasteiger partial charge in [0.2, 0.25) is 0 Å². The van der Waals surface area contributed by atoms with Crippen molar-refractivity contribution in [1.82, 2.24) is 0 Å². The second-order valence-corrected chi connectivity index (χ2v) is 8.29. The molecule has 208 valence electrons. The normalized spacial score (nSPS) is 14.2. The largest absolute Gasteiger partial charge is 0.430 e. The zero-order valence-electron chi connectivity index (χ0n) is 18.6. The van der Waals surface area contributed by atoms with Crippen LogP contribution in [0.1, 0.15) is 41.5 Å². The molecule has 0 saturated carbocycles. The van der Waals surface area contributed by atoms with Gasteiger partial charge in [0.15, 0.2) is 0 Å². The van der Waals surface area contributed by atoms with Gasteiger partial charge in [-0.15, -0.1) is 0 Å². The Labute approximate surface area is 202 Å². The van der Waals surface area contributed by atoms with E-state index in [1.54, 1.807) is 0 Å². The molecule has 0 fully saturated rings. The van der Waals surface area contributed by atoms with Crippen LogP contribution in [0.5, 0.6) is 0 Å². The van der Waals surface area contributed by atoms with Crippen molar-refractivity contribution >= 4 is 0 Å². The average Bonchev–Trinajstić information content (AvgIpc) is 2.75. The molecule has 37 heavy (non-hydrogen) atoms. The Hall–Kier alpha value is -2.48. The minimum atomic E-state index is -6.10. The van der Waals surface area contributed by atoms with Gasteiger partial charge < -0.3 is 10.2 Å². The van der Waals surface area contributed by atoms with Gasteiger partial charge in [-0.25, -0.2) is 0 Å². The van der Waals surface area contributed by atoms with E-state index < -0.39 is 71.0 Å². The number of halogens is 12. The van der Waals surface area contributed by atoms with E-state index in [2.05, 4.69) is 0 Å². The molecule has 0 amide bonds. The summed E-state index contributed by atoms with van der Waals surface area (Å²) in [6.45, 7) is 0. The number of rotatable bonds is 8. The van der Waals surface area contributed by atoms with Crippen molar-refractivity contribution in [2.24, 2.45) is 0 Å². The topological polar surface area (TPSA) is 40.5 Å². The zero-order chi connectivity index (χ0) is 28.5. The van der Waals surface area contributed by atoms with Crippen LogP contribution in [-0.4, -0.2) is 34.9 Å². The molecule has 2 rings (SSSR count). The Bertz CT molecular complexity index is 940. The van der Waals surface area contributed by atoms with Gasteiger partial charge in [-0.05, 0) is 36.8 Å². The highest BCUT2D eigenvalue weighted by Gasteiger charge is 2.72. The molecule has 0 atom stereocenters. The van der Waals surface area contributed by atoms with Crippen LogP contribution in [-0.2, 0) is 24.0 Å². The fourth-order valence-electron chi connectivity index (χ4n) is 3.92. The fraction of sp³-hybridized carbons (Fsp3) is 0.478. The molecule has 2 aromatic carbocycles. The molecule has 0 unspecified atom stereocenters. The maximum atomic E-state index is 13.2. The average molecular weight is 556 g/mol. The number of aliphatic hydroxyl groups is 2. The summed E-state index contributed by atoms with van der Waals surface area (Å²) in [5.41, 5.74) is -14.1. The molecule has 0 spiro atoms. The summed E-state index contributed by atoms with van der Waals surface area (Å²) < 4.78 is 159. The first-order valence-corrected chi connectivity index (χ1v) is 10.6. The highest BCUT2D eigenvalue weighted by Crippen LogP contribution is 2.52. The Morgan fingerprint density at radius 3 is 0.973 bits per heavy atom. The molecule has 0 aliphatic heterocycles. The summed E-state index contributed by atoms with van der Waals surface area (Å²) in [6.07, 6.45) is -25.4. The lowest BCUT2D eigenvalue weighted by Crippen LogP contribution is -2.54. The third-order valence-electron chi connectivity index (χ3n) is 5.85. The Morgan fingerprint density at radius 1 is 0.432 bits per heavy atom. The van der Waals surface area contributed by atoms with Gasteiger partial charge in [-0.3, -0.25) is 0 Å². The summed E-state index contributed by atoms with van der Waals surface area (Å²) >= 11 is 0. The monoisotopic (exact) mass is 556 g/mol. The minimum Gasteiger partial charge on any atom is -0.369 e. The van der Waals surface area contributed by atoms with Crippen LogP contribution in [0, 0.1) is 0 Å². The van der Waals surface area contributed by atoms with E-state index >= 15 is 0 Å². The summed E-state index contributed by atoms with van der Waals surface area (Å²) in [4.78, 5) is 0. The van der Waals surface area contributed by atoms with Crippen LogP contribution in [0.2, 0.25) is 0 Å². The fourth-order valence-corrected chi connectivity index (χ4v) is 3.92. The van der Waals surface area contributed by atoms with Crippen LogP contribution in [0.3, 0.4) is 0 Å². The number of unbranched alkanes of at least 4 members (excludes halogenated alkanes) is 2. The first-order chi connectivity index (χ1) is 16.7. The Morgan fingerprint density at radius 2 is 0.703 bits per heavy atom. The van der Waals surface area contributed by atoms with Crippen molar-refractivity contribution in [3.63, 3.8) is 0 Å². The number of benzene rings is 2. The maximum absolute atomic E-state index is 13.2. The smallest absolute Gasteiger partial charge is 0.369 e. The minimum absolute atomic E-state index is 0.0183. The van der Waals surface area contributed by atoms with Gasteiger partial charge in [-0.2, -0.15) is 52.7 Å². The van der Waals surface area contributed by atoms with E-state index in [1.807, 2.05) is 0 Å². The molecule has 0 bridgehead atoms. The predicted octanol–water partition coefficient (Wildman–Crippen LogP) is 7.27. The van der Waals surface area contributed by atoms with Crippen molar-refractivity contribution in [1.29, 1.82) is 0 Å². The molecule has 0 aromatic heterocycles. The summed E-state index contributed by atoms with van der Waals surface area (Å²) in [7, 11) is 0. The molecule has 0 aliphatic rings. The van der Waals surface area contributed by atoms with Gasteiger partial charge in [-0.1, -0.05) is 55.0 Å². The first kappa shape index (κ1) is 30.7. The quantitative estimate of drug-likeness (QED) is 0.265. The lowest BCUT2D eigenvalue weighted by Gasteiger charge is -2.34. The van der Waals surface area contributed by atoms with Crippen molar-refractivity contribution in [2.45, 2.75) is 68.0 Å². The molecule has 14 heteroatoms. The van der Waals surface area contributed by atoms with Gasteiger partial charge >= 0.3 is 24.7 Å². The first-order valence-electron chi connectivity index (χ1n) is 10.6. The van der Waals surface area contributed by atoms with E-state index in [0.29, 0.717) is 12.1 Å². The summed E-state index contributed by atoms with van der Waals surface area (Å²) in [6, 6.07) is 6.89. The number of aryl methyl sites for hydroxylation is 2. The van der Waals surface area contributed by atoms with Crippen molar-refractivity contribution in [3.8, 4) is 0 Å². The lowest BCUT2D eigenvalue weighted by atomic mass is 9.85. The van der Waals surface area contributed by atoms with Crippen LogP contribution >= 0.6 is 0 Å². The molecule has 0 aliphatic carbocycles. The van der Waals surface area contributed by atoms with E-state index in [-0.39, 0.29) is 19.3 Å². The molecular formula is C23H20F12O2. The molecule has 2 aromatic rings. The highest BCUT2D eigenvalue weighted by molar-refractivity contribution is 5.36. The van der Waals surface area contributed by atoms with Gasteiger partial charge in [0, 0.05) is 11.1 Å². The van der Waals surface area contributed by atoms with Crippen LogP contribution in [0.25, 0.3) is 0 Å². The van der Waals surface area contributed by atoms with Gasteiger partial charge in [0.25, 0.3) is 11.2 Å². The molecule has 2 N–H and O–H groups in total. The van der Waals surface area contributed by atoms with Crippen LogP contribution < -0.4 is 0 Å². The second-order valence-electron chi connectivity index (χ2n) is 8.29. The van der Waals surface area contributed by atoms with Crippen molar-refractivity contribution in [3.05, 3.63) is 70.8 Å². The summed E-state index contributed by atoms with van der Waals surface area (Å²) in [5.74, 6) is 0. The zero-order valence-corrected chi connectivity index (χ0v) is 18.6. The third kappa shape index (κ3) is 5.84. The standard InChI is InChI=1S/C23H20F12O2/c24-20(25,26)18(36,21(27,28)29)16-12-6-4-10-14(16)8-2-1-3-9-15-11-5-7-13-17(15)19(37,22(30,31)32)23(33,34)35/h4-7,10-13,36-37H,1-3,8-9H2. The lowest BCUT2D eigenvalue weighted by molar-refractivity contribution is -0.377. The molecule has 0 radical (unpaired) electrons. The molecule has 0 heterocycles. The maximum Gasteiger partial charge on any atom is 0.430 e. The van der Waals surface area contributed by atoms with Crippen LogP contribution in [0.15, 0.2) is 48.5 Å². The molecular weight excluding hydrogens is 536 g/mol. The van der Waals surface area contributed by atoms with Gasteiger partial charge in [0.1, 0.15) is 0 Å². The second kappa shape index (κ2) is 10.4. The SMILES string of the molecule is OC(c1ccccc1CCCCCc1ccccc1C(O)(C(F)(F)F)C(F)(F)F)(C(F)(F)F)C(F)(F)F. The Balaban J connectivity index is 2.20. The Kier molecular flexibility index (Phi) is 8.60. The third-order valence-corrected chi connectivity index (χ3v) is 5.85. The van der Waals surface area contributed by atoms with Crippen LogP contribution in [0.4, 0.5) is 52.7 Å². The van der Waals surface area contributed by atoms with E-state index in [0.717, 1.165) is 36.4 Å². The molecule has 2 nitrogen and oxygen atoms in total. The van der Waals surface area contributed by atoms with Crippen molar-refractivity contribution < 1.29 is 62.9 Å². The van der Waals surface area contributed by atoms with Crippen molar-refractivity contribution in [2.75, 3.05) is 0 Å². The van der Waals surface area contributed by atoms with E-state index in [4.69, 9.17) is 0 Å². The number of alkyl halides is 12. The molecule has 0 saturated heterocycles. The van der Waals surface area contributed by atoms with E-state index in [1.165, 1.54) is 0 Å². The number of hydrogen-bond donors (Lipinski definition) is 2.